The van der Waals surface area contributed by atoms with Crippen LogP contribution in [0.1, 0.15) is 0 Å². The molecule has 2 aromatic rings. The maximum Gasteiger partial charge on any atom is 0.289 e. The lowest BCUT2D eigenvalue weighted by Gasteiger charge is -2.06. The number of benzene rings is 2. The lowest BCUT2D eigenvalue weighted by atomic mass is 10.3. The van der Waals surface area contributed by atoms with E-state index in [1.54, 1.807) is 6.07 Å². The quantitative estimate of drug-likeness (QED) is 0.469. The van der Waals surface area contributed by atoms with E-state index in [4.69, 9.17) is 10.7 Å². The number of rotatable bonds is 4. The van der Waals surface area contributed by atoms with Crippen LogP contribution < -0.4 is 0 Å². The summed E-state index contributed by atoms with van der Waals surface area (Å²) in [5.41, 5.74) is -0.856. The Hall–Kier alpha value is -1.97. The molecule has 0 fully saturated rings. The number of hydrogen-bond donors (Lipinski definition) is 0. The van der Waals surface area contributed by atoms with Crippen molar-refractivity contribution in [2.45, 2.75) is 14.7 Å². The van der Waals surface area contributed by atoms with Gasteiger partial charge in [0.2, 0.25) is 9.84 Å². The number of nitro benzene ring substituents is 1. The second kappa shape index (κ2) is 5.67. The van der Waals surface area contributed by atoms with Crippen LogP contribution in [-0.2, 0) is 18.9 Å². The molecule has 0 saturated heterocycles. The third-order valence-electron chi connectivity index (χ3n) is 2.75. The first-order chi connectivity index (χ1) is 10.1. The Kier molecular flexibility index (Phi) is 4.23. The summed E-state index contributed by atoms with van der Waals surface area (Å²) < 4.78 is 47.3. The van der Waals surface area contributed by atoms with Gasteiger partial charge in [-0.25, -0.2) is 16.8 Å². The monoisotopic (exact) mass is 361 g/mol. The zero-order valence-electron chi connectivity index (χ0n) is 10.7. The van der Waals surface area contributed by atoms with Gasteiger partial charge in [0.05, 0.1) is 14.7 Å². The van der Waals surface area contributed by atoms with E-state index in [9.17, 15) is 26.9 Å². The molecule has 0 atom stereocenters. The van der Waals surface area contributed by atoms with Gasteiger partial charge in [-0.2, -0.15) is 0 Å². The molecule has 0 heterocycles. The second-order valence-electron chi connectivity index (χ2n) is 4.14. The van der Waals surface area contributed by atoms with E-state index in [0.29, 0.717) is 6.07 Å². The average molecular weight is 362 g/mol. The van der Waals surface area contributed by atoms with E-state index in [0.717, 1.165) is 12.1 Å². The Morgan fingerprint density at radius 3 is 2.00 bits per heavy atom. The fraction of sp³-hybridized carbons (Fsp3) is 0. The number of nitrogens with zero attached hydrogens (tertiary/aromatic N) is 1. The van der Waals surface area contributed by atoms with E-state index in [-0.39, 0.29) is 4.90 Å². The van der Waals surface area contributed by atoms with Crippen LogP contribution in [0.3, 0.4) is 0 Å². The third-order valence-corrected chi connectivity index (χ3v) is 5.92. The Bertz CT molecular complexity index is 939. The van der Waals surface area contributed by atoms with Crippen LogP contribution in [-0.4, -0.2) is 21.8 Å². The summed E-state index contributed by atoms with van der Waals surface area (Å²) >= 11 is 0. The molecule has 0 aliphatic rings. The summed E-state index contributed by atoms with van der Waals surface area (Å²) in [6, 6.07) is 9.48. The first-order valence-corrected chi connectivity index (χ1v) is 9.46. The SMILES string of the molecule is O=[N+]([O-])c1cc(S(=O)(=O)Cl)ccc1S(=O)(=O)c1ccccc1. The van der Waals surface area contributed by atoms with Crippen molar-refractivity contribution >= 4 is 35.3 Å². The van der Waals surface area contributed by atoms with Crippen molar-refractivity contribution in [3.8, 4) is 0 Å². The fourth-order valence-electron chi connectivity index (χ4n) is 1.75. The maximum absolute atomic E-state index is 12.4. The normalized spacial score (nSPS) is 12.0. The van der Waals surface area contributed by atoms with Gasteiger partial charge in [0, 0.05) is 16.7 Å². The molecule has 10 heteroatoms. The molecule has 0 unspecified atom stereocenters. The lowest BCUT2D eigenvalue weighted by molar-refractivity contribution is -0.388. The Morgan fingerprint density at radius 2 is 1.50 bits per heavy atom. The molecular weight excluding hydrogens is 354 g/mol. The topological polar surface area (TPSA) is 111 Å². The van der Waals surface area contributed by atoms with E-state index in [2.05, 4.69) is 0 Å². The highest BCUT2D eigenvalue weighted by Crippen LogP contribution is 2.32. The van der Waals surface area contributed by atoms with Gasteiger partial charge in [-0.05, 0) is 24.3 Å². The standard InChI is InChI=1S/C12H8ClNO6S2/c13-22(19,20)10-6-7-12(11(8-10)14(15)16)21(17,18)9-4-2-1-3-5-9/h1-8H. The van der Waals surface area contributed by atoms with Crippen LogP contribution in [0.25, 0.3) is 0 Å². The molecule has 0 bridgehead atoms. The van der Waals surface area contributed by atoms with Crippen molar-refractivity contribution in [3.63, 3.8) is 0 Å². The number of hydrogen-bond acceptors (Lipinski definition) is 6. The Labute approximate surface area is 130 Å². The molecule has 2 aromatic carbocycles. The molecule has 22 heavy (non-hydrogen) atoms. The van der Waals surface area contributed by atoms with Crippen molar-refractivity contribution in [2.24, 2.45) is 0 Å². The van der Waals surface area contributed by atoms with E-state index in [1.807, 2.05) is 0 Å². The van der Waals surface area contributed by atoms with Crippen LogP contribution in [0.5, 0.6) is 0 Å². The highest BCUT2D eigenvalue weighted by molar-refractivity contribution is 8.13. The summed E-state index contributed by atoms with van der Waals surface area (Å²) in [5.74, 6) is 0. The van der Waals surface area contributed by atoms with Gasteiger partial charge in [0.25, 0.3) is 14.7 Å². The van der Waals surface area contributed by atoms with Crippen molar-refractivity contribution in [1.29, 1.82) is 0 Å². The zero-order chi connectivity index (χ0) is 16.5. The predicted molar refractivity (Wildman–Crippen MR) is 78.0 cm³/mol. The molecule has 0 amide bonds. The smallest absolute Gasteiger partial charge is 0.258 e. The summed E-state index contributed by atoms with van der Waals surface area (Å²) in [5, 5.41) is 11.1. The highest BCUT2D eigenvalue weighted by atomic mass is 35.7. The minimum atomic E-state index is -4.21. The minimum Gasteiger partial charge on any atom is -0.258 e. The molecule has 0 aliphatic heterocycles. The second-order valence-corrected chi connectivity index (χ2v) is 8.63. The molecule has 0 N–H and O–H groups in total. The molecule has 2 rings (SSSR count). The van der Waals surface area contributed by atoms with Gasteiger partial charge in [-0.3, -0.25) is 10.1 Å². The van der Waals surface area contributed by atoms with Crippen LogP contribution in [0, 0.1) is 10.1 Å². The number of halogens is 1. The van der Waals surface area contributed by atoms with Crippen molar-refractivity contribution < 1.29 is 21.8 Å². The van der Waals surface area contributed by atoms with Gasteiger partial charge in [-0.1, -0.05) is 18.2 Å². The fourth-order valence-corrected chi connectivity index (χ4v) is 3.94. The van der Waals surface area contributed by atoms with Crippen LogP contribution in [0.15, 0.2) is 63.2 Å². The van der Waals surface area contributed by atoms with Gasteiger partial charge in [0.1, 0.15) is 4.90 Å². The van der Waals surface area contributed by atoms with Crippen molar-refractivity contribution in [1.82, 2.24) is 0 Å². The van der Waals surface area contributed by atoms with Gasteiger partial charge < -0.3 is 0 Å². The first-order valence-electron chi connectivity index (χ1n) is 5.67. The molecule has 0 aromatic heterocycles. The maximum atomic E-state index is 12.4. The average Bonchev–Trinajstić information content (AvgIpc) is 2.46. The zero-order valence-corrected chi connectivity index (χ0v) is 13.1. The molecular formula is C12H8ClNO6S2. The minimum absolute atomic E-state index is 0.139. The van der Waals surface area contributed by atoms with Gasteiger partial charge in [0.15, 0.2) is 0 Å². The van der Waals surface area contributed by atoms with E-state index >= 15 is 0 Å². The van der Waals surface area contributed by atoms with Gasteiger partial charge >= 0.3 is 0 Å². The lowest BCUT2D eigenvalue weighted by Crippen LogP contribution is -2.06. The predicted octanol–water partition coefficient (Wildman–Crippen LogP) is 2.36. The third kappa shape index (κ3) is 3.11. The van der Waals surface area contributed by atoms with Crippen LogP contribution >= 0.6 is 10.7 Å². The van der Waals surface area contributed by atoms with Crippen LogP contribution in [0.4, 0.5) is 5.69 Å². The molecule has 0 spiro atoms. The molecule has 7 nitrogen and oxygen atoms in total. The highest BCUT2D eigenvalue weighted by Gasteiger charge is 2.29. The van der Waals surface area contributed by atoms with E-state index < -0.39 is 39.3 Å². The largest absolute Gasteiger partial charge is 0.289 e. The molecule has 116 valence electrons. The molecule has 0 radical (unpaired) electrons. The van der Waals surface area contributed by atoms with Gasteiger partial charge in [-0.15, -0.1) is 0 Å². The van der Waals surface area contributed by atoms with Crippen molar-refractivity contribution in [3.05, 3.63) is 58.6 Å². The van der Waals surface area contributed by atoms with Crippen LogP contribution in [0.2, 0.25) is 0 Å². The first kappa shape index (κ1) is 16.4. The Morgan fingerprint density at radius 1 is 0.909 bits per heavy atom. The Balaban J connectivity index is 2.74. The summed E-state index contributed by atoms with van der Waals surface area (Å²) in [6.45, 7) is 0. The summed E-state index contributed by atoms with van der Waals surface area (Å²) in [6.07, 6.45) is 0. The molecule has 0 aliphatic carbocycles. The summed E-state index contributed by atoms with van der Waals surface area (Å²) in [7, 11) is -3.25. The number of sulfone groups is 1. The van der Waals surface area contributed by atoms with E-state index in [1.165, 1.54) is 24.3 Å². The molecule has 0 saturated carbocycles. The number of nitro groups is 1. The summed E-state index contributed by atoms with van der Waals surface area (Å²) in [4.78, 5) is 8.82. The van der Waals surface area contributed by atoms with Crippen molar-refractivity contribution in [2.75, 3.05) is 0 Å².